The van der Waals surface area contributed by atoms with Crippen LogP contribution >= 0.6 is 33.2 Å². The van der Waals surface area contributed by atoms with Gasteiger partial charge in [0, 0.05) is 5.75 Å². The Kier molecular flexibility index (Phi) is 25.9. The summed E-state index contributed by atoms with van der Waals surface area (Å²) in [5.74, 6) is 3.62. The van der Waals surface area contributed by atoms with Crippen LogP contribution in [0.1, 0.15) is 90.2 Å². The van der Waals surface area contributed by atoms with E-state index in [1.165, 1.54) is 115 Å². The van der Waals surface area contributed by atoms with Crippen LogP contribution in [-0.2, 0) is 23.2 Å². The van der Waals surface area contributed by atoms with Gasteiger partial charge in [0.15, 0.2) is 0 Å². The minimum Gasteiger partial charge on any atom is -0.719 e. The molecule has 0 amide bonds. The third kappa shape index (κ3) is 19.2. The third-order valence-electron chi connectivity index (χ3n) is 6.72. The highest BCUT2D eigenvalue weighted by molar-refractivity contribution is 8.68. The Morgan fingerprint density at radius 2 is 0.949 bits per heavy atom. The van der Waals surface area contributed by atoms with E-state index < -0.39 is 0 Å². The Hall–Kier alpha value is -0.600. The summed E-state index contributed by atoms with van der Waals surface area (Å²) in [5.41, 5.74) is 2.51. The van der Waals surface area contributed by atoms with Gasteiger partial charge in [-0.15, -0.1) is 11.7 Å². The largest absolute Gasteiger partial charge is 0.719 e. The summed E-state index contributed by atoms with van der Waals surface area (Å²) in [5, 5.41) is 0. The second-order valence-electron chi connectivity index (χ2n) is 9.88. The van der Waals surface area contributed by atoms with Gasteiger partial charge in [0.05, 0.1) is 40.4 Å². The van der Waals surface area contributed by atoms with E-state index in [0.717, 1.165) is 23.0 Å². The molecule has 0 aromatic heterocycles. The maximum Gasteiger partial charge on any atom is 0.118 e. The fourth-order valence-electron chi connectivity index (χ4n) is 4.23. The maximum atomic E-state index is 5.02. The van der Waals surface area contributed by atoms with Crippen LogP contribution in [0, 0.1) is 0 Å². The molecule has 0 N–H and O–H groups in total. The Labute approximate surface area is 259 Å². The third-order valence-corrected chi connectivity index (χ3v) is 8.37. The molecule has 39 heavy (non-hydrogen) atoms. The number of methoxy groups -OCH3 is 2. The number of hydrogen-bond acceptors (Lipinski definition) is 6. The van der Waals surface area contributed by atoms with Crippen LogP contribution in [-0.4, -0.2) is 44.9 Å². The number of rotatable bonds is 18. The lowest BCUT2D eigenvalue weighted by molar-refractivity contribution is -0.929. The Morgan fingerprint density at radius 1 is 0.615 bits per heavy atom. The standard InChI is InChI=1S/C16H36N.2C8H10OS2/c1-5-9-13-17(14-10-6-2,15-11-7-3)16-12-8-4;2*1-9-8-4-2-7(3-5-8)6-11-10/h5-16H2,1-4H3;2*2-5,10H,6H2,1H3/q+1;;/p-1. The first kappa shape index (κ1) is 38.4. The van der Waals surface area contributed by atoms with E-state index in [0.29, 0.717) is 0 Å². The van der Waals surface area contributed by atoms with E-state index in [9.17, 15) is 0 Å². The Morgan fingerprint density at radius 3 is 1.21 bits per heavy atom. The molecule has 0 aliphatic heterocycles. The van der Waals surface area contributed by atoms with Crippen LogP contribution in [0.2, 0.25) is 0 Å². The first-order valence-corrected chi connectivity index (χ1v) is 18.5. The number of nitrogens with zero attached hydrogens (tertiary/aromatic N) is 1. The molecule has 2 aromatic carbocycles. The van der Waals surface area contributed by atoms with Crippen molar-refractivity contribution in [3.8, 4) is 11.5 Å². The zero-order chi connectivity index (χ0) is 29.2. The highest BCUT2D eigenvalue weighted by Crippen LogP contribution is 2.18. The fourth-order valence-corrected chi connectivity index (χ4v) is 5.76. The Bertz CT molecular complexity index is 701. The number of quaternary nitrogens is 1. The summed E-state index contributed by atoms with van der Waals surface area (Å²) in [6.07, 6.45) is 11.1. The zero-order valence-corrected chi connectivity index (χ0v) is 28.8. The molecule has 7 heteroatoms. The average Bonchev–Trinajstić information content (AvgIpc) is 2.98. The molecule has 0 atom stereocenters. The molecule has 0 heterocycles. The van der Waals surface area contributed by atoms with Gasteiger partial charge in [-0.3, -0.25) is 0 Å². The molecule has 2 rings (SSSR count). The molecule has 0 fully saturated rings. The normalized spacial score (nSPS) is 10.7. The molecule has 0 spiro atoms. The van der Waals surface area contributed by atoms with E-state index in [1.807, 2.05) is 48.5 Å². The number of unbranched alkanes of at least 4 members (excludes halogenated alkanes) is 4. The Balaban J connectivity index is 0.000000575. The molecule has 2 aromatic rings. The molecule has 0 radical (unpaired) electrons. The zero-order valence-electron chi connectivity index (χ0n) is 25.5. The van der Waals surface area contributed by atoms with Crippen LogP contribution in [0.25, 0.3) is 0 Å². The average molecular weight is 614 g/mol. The van der Waals surface area contributed by atoms with E-state index in [2.05, 4.69) is 39.4 Å². The van der Waals surface area contributed by atoms with E-state index >= 15 is 0 Å². The molecule has 0 saturated heterocycles. The minimum atomic E-state index is 0.888. The molecule has 3 nitrogen and oxygen atoms in total. The van der Waals surface area contributed by atoms with Crippen LogP contribution < -0.4 is 9.47 Å². The summed E-state index contributed by atoms with van der Waals surface area (Å²) < 4.78 is 11.5. The first-order valence-electron chi connectivity index (χ1n) is 14.6. The SMILES string of the molecule is CCCC[N+](CCCC)(CCCC)CCCC.COc1ccc(CSS)cc1.COc1ccc(CS[S-])cc1. The van der Waals surface area contributed by atoms with Crippen molar-refractivity contribution in [3.05, 3.63) is 59.7 Å². The predicted molar refractivity (Wildman–Crippen MR) is 184 cm³/mol. The molecule has 0 aliphatic rings. The lowest BCUT2D eigenvalue weighted by Crippen LogP contribution is -2.50. The maximum absolute atomic E-state index is 5.02. The van der Waals surface area contributed by atoms with Crippen LogP contribution in [0.3, 0.4) is 0 Å². The quantitative estimate of drug-likeness (QED) is 0.0778. The van der Waals surface area contributed by atoms with Crippen LogP contribution in [0.15, 0.2) is 48.5 Å². The smallest absolute Gasteiger partial charge is 0.118 e. The summed E-state index contributed by atoms with van der Waals surface area (Å²) in [6.45, 7) is 15.0. The van der Waals surface area contributed by atoms with Gasteiger partial charge in [0.25, 0.3) is 0 Å². The van der Waals surface area contributed by atoms with Gasteiger partial charge in [-0.05, 0) is 66.8 Å². The monoisotopic (exact) mass is 613 g/mol. The summed E-state index contributed by atoms with van der Waals surface area (Å²) in [6, 6.07) is 15.9. The molecular formula is C32H55NO2S4. The second-order valence-corrected chi connectivity index (χ2v) is 12.4. The topological polar surface area (TPSA) is 18.5 Å². The molecular weight excluding hydrogens is 559 g/mol. The predicted octanol–water partition coefficient (Wildman–Crippen LogP) is 10.2. The van der Waals surface area contributed by atoms with Crippen LogP contribution in [0.5, 0.6) is 11.5 Å². The lowest BCUT2D eigenvalue weighted by Gasteiger charge is -2.39. The van der Waals surface area contributed by atoms with Gasteiger partial charge in [-0.25, -0.2) is 0 Å². The summed E-state index contributed by atoms with van der Waals surface area (Å²) >= 11 is 8.85. The molecule has 0 aliphatic carbocycles. The summed E-state index contributed by atoms with van der Waals surface area (Å²) in [7, 11) is 6.27. The number of thiol groups is 1. The fraction of sp³-hybridized carbons (Fsp3) is 0.625. The number of ether oxygens (including phenoxy) is 2. The number of hydrogen-bond donors (Lipinski definition) is 1. The van der Waals surface area contributed by atoms with Gasteiger partial charge in [0.2, 0.25) is 0 Å². The van der Waals surface area contributed by atoms with Gasteiger partial charge in [0.1, 0.15) is 11.5 Å². The van der Waals surface area contributed by atoms with E-state index in [1.54, 1.807) is 14.2 Å². The van der Waals surface area contributed by atoms with Crippen LogP contribution in [0.4, 0.5) is 0 Å². The first-order chi connectivity index (χ1) is 19.0. The number of benzene rings is 2. The van der Waals surface area contributed by atoms with Gasteiger partial charge in [-0.1, -0.05) is 88.4 Å². The van der Waals surface area contributed by atoms with E-state index in [-0.39, 0.29) is 0 Å². The van der Waals surface area contributed by atoms with Crippen molar-refractivity contribution in [1.29, 1.82) is 0 Å². The van der Waals surface area contributed by atoms with Crippen molar-refractivity contribution in [2.24, 2.45) is 0 Å². The lowest BCUT2D eigenvalue weighted by atomic mass is 10.1. The van der Waals surface area contributed by atoms with Crippen molar-refractivity contribution in [1.82, 2.24) is 0 Å². The molecule has 224 valence electrons. The van der Waals surface area contributed by atoms with E-state index in [4.69, 9.17) is 21.1 Å². The highest BCUT2D eigenvalue weighted by atomic mass is 33.1. The second kappa shape index (κ2) is 26.3. The van der Waals surface area contributed by atoms with Crippen molar-refractivity contribution in [2.75, 3.05) is 40.4 Å². The molecule has 0 unspecified atom stereocenters. The van der Waals surface area contributed by atoms with Gasteiger partial charge >= 0.3 is 0 Å². The highest BCUT2D eigenvalue weighted by Gasteiger charge is 2.24. The van der Waals surface area contributed by atoms with Crippen molar-refractivity contribution in [2.45, 2.75) is 90.6 Å². The molecule has 0 saturated carbocycles. The minimum absolute atomic E-state index is 0.888. The van der Waals surface area contributed by atoms with Gasteiger partial charge < -0.3 is 36.4 Å². The van der Waals surface area contributed by atoms with Crippen molar-refractivity contribution < 1.29 is 14.0 Å². The van der Waals surface area contributed by atoms with Gasteiger partial charge in [-0.2, -0.15) is 0 Å². The summed E-state index contributed by atoms with van der Waals surface area (Å²) in [4.78, 5) is 0. The van der Waals surface area contributed by atoms with Crippen molar-refractivity contribution in [3.63, 3.8) is 0 Å². The van der Waals surface area contributed by atoms with Crippen molar-refractivity contribution >= 4 is 44.9 Å². The molecule has 0 bridgehead atoms.